The van der Waals surface area contributed by atoms with Crippen LogP contribution in [0, 0.1) is 0 Å². The summed E-state index contributed by atoms with van der Waals surface area (Å²) in [5, 5.41) is 4.12. The van der Waals surface area contributed by atoms with Crippen LogP contribution in [0.3, 0.4) is 0 Å². The second kappa shape index (κ2) is 8.66. The second-order valence-corrected chi connectivity index (χ2v) is 7.46. The fourth-order valence-electron chi connectivity index (χ4n) is 3.78. The van der Waals surface area contributed by atoms with Crippen LogP contribution in [0.25, 0.3) is 5.69 Å². The molecule has 0 bridgehead atoms. The van der Waals surface area contributed by atoms with Crippen molar-refractivity contribution >= 4 is 29.1 Å². The van der Waals surface area contributed by atoms with E-state index >= 15 is 0 Å². The zero-order chi connectivity index (χ0) is 33.4. The van der Waals surface area contributed by atoms with Gasteiger partial charge in [-0.25, -0.2) is 4.68 Å². The highest BCUT2D eigenvalue weighted by Gasteiger charge is 2.34. The monoisotopic (exact) mass is 470 g/mol. The molecule has 0 radical (unpaired) electrons. The fourth-order valence-corrected chi connectivity index (χ4v) is 3.78. The highest BCUT2D eigenvalue weighted by molar-refractivity contribution is 6.09. The molecule has 1 saturated heterocycles. The molecule has 9 nitrogen and oxygen atoms in total. The molecule has 2 N–H and O–H groups in total. The minimum absolute atomic E-state index is 0.0526. The Labute approximate surface area is 212 Å². The molecule has 34 heavy (non-hydrogen) atoms. The highest BCUT2D eigenvalue weighted by Crippen LogP contribution is 2.31. The molecular weight excluding hydrogens is 434 g/mol. The third-order valence-electron chi connectivity index (χ3n) is 5.41. The van der Waals surface area contributed by atoms with Gasteiger partial charge in [-0.1, -0.05) is 0 Å². The number of benzene rings is 2. The first-order valence-electron chi connectivity index (χ1n) is 15.7. The van der Waals surface area contributed by atoms with Crippen molar-refractivity contribution in [3.63, 3.8) is 0 Å². The molecule has 1 fully saturated rings. The summed E-state index contributed by atoms with van der Waals surface area (Å²) in [5.74, 6) is -3.37. The van der Waals surface area contributed by atoms with Gasteiger partial charge in [0.05, 0.1) is 25.1 Å². The number of nitrogens with two attached hydrogens (primary N) is 1. The maximum Gasteiger partial charge on any atom is 0.277 e. The van der Waals surface area contributed by atoms with Crippen LogP contribution >= 0.6 is 0 Å². The van der Waals surface area contributed by atoms with E-state index in [1.165, 1.54) is 24.3 Å². The second-order valence-electron chi connectivity index (χ2n) is 7.46. The summed E-state index contributed by atoms with van der Waals surface area (Å²) in [7, 11) is -2.74. The number of hydrogen-bond donors (Lipinski definition) is 1. The molecule has 1 aromatic heterocycles. The minimum Gasteiger partial charge on any atom is -0.497 e. The number of fused-ring (bicyclic) bond motifs is 1. The van der Waals surface area contributed by atoms with Gasteiger partial charge in [-0.3, -0.25) is 14.4 Å². The van der Waals surface area contributed by atoms with Gasteiger partial charge in [0.2, 0.25) is 5.91 Å². The molecule has 0 unspecified atom stereocenters. The van der Waals surface area contributed by atoms with E-state index in [2.05, 4.69) is 5.10 Å². The van der Waals surface area contributed by atoms with Crippen LogP contribution in [0.5, 0.6) is 5.75 Å². The molecule has 3 heterocycles. The van der Waals surface area contributed by atoms with Crippen LogP contribution in [0.2, 0.25) is 0 Å². The van der Waals surface area contributed by atoms with E-state index in [0.29, 0.717) is 4.90 Å². The van der Waals surface area contributed by atoms with Crippen molar-refractivity contribution in [3.05, 3.63) is 65.4 Å². The number of aromatic nitrogens is 2. The average molecular weight is 471 g/mol. The first-order valence-corrected chi connectivity index (χ1v) is 10.2. The summed E-state index contributed by atoms with van der Waals surface area (Å²) in [6, 6.07) is 1.85. The predicted octanol–water partition coefficient (Wildman–Crippen LogP) is 2.70. The largest absolute Gasteiger partial charge is 0.497 e. The van der Waals surface area contributed by atoms with Gasteiger partial charge < -0.3 is 20.3 Å². The van der Waals surface area contributed by atoms with Gasteiger partial charge in [-0.15, -0.1) is 0 Å². The van der Waals surface area contributed by atoms with Gasteiger partial charge in [0.15, 0.2) is 5.69 Å². The van der Waals surface area contributed by atoms with Crippen molar-refractivity contribution in [2.45, 2.75) is 25.6 Å². The Kier molecular flexibility index (Phi) is 3.15. The lowest BCUT2D eigenvalue weighted by Crippen LogP contribution is -2.39. The maximum atomic E-state index is 14.1. The lowest BCUT2D eigenvalue weighted by Gasteiger charge is -2.29. The van der Waals surface area contributed by atoms with E-state index in [1.807, 2.05) is 0 Å². The summed E-state index contributed by atoms with van der Waals surface area (Å²) in [6.45, 7) is -2.81. The molecule has 3 aromatic rings. The quantitative estimate of drug-likeness (QED) is 0.616. The predicted molar refractivity (Wildman–Crippen MR) is 127 cm³/mol. The van der Waals surface area contributed by atoms with E-state index in [-0.39, 0.29) is 42.1 Å². The Morgan fingerprint density at radius 1 is 1.09 bits per heavy atom. The molecule has 3 amide bonds. The smallest absolute Gasteiger partial charge is 0.277 e. The van der Waals surface area contributed by atoms with Crippen LogP contribution in [0.4, 0.5) is 11.4 Å². The zero-order valence-electron chi connectivity index (χ0n) is 28.6. The van der Waals surface area contributed by atoms with Crippen molar-refractivity contribution in [1.82, 2.24) is 9.78 Å². The molecule has 9 heteroatoms. The number of piperidine rings is 1. The van der Waals surface area contributed by atoms with E-state index in [1.54, 1.807) is 0 Å². The van der Waals surface area contributed by atoms with Crippen LogP contribution < -0.4 is 20.3 Å². The molecule has 2 aliphatic heterocycles. The Morgan fingerprint density at radius 2 is 1.79 bits per heavy atom. The number of amides is 3. The van der Waals surface area contributed by atoms with Crippen LogP contribution in [0.15, 0.2) is 48.4 Å². The standard InChI is InChI=1S/C25H25N5O4/c1-34-19-11-9-18(10-12-19)30-23-20(22(27-30)24(26)32)13-15-29(25(23)33)17-7-5-16(6-8-17)28-14-3-2-4-21(28)31/h5-12H,2-4,13-15H2,1H3,(H2,26,32)/i1D3,4D2,5D,6D,7D,8D,15D2. The molecule has 0 spiro atoms. The summed E-state index contributed by atoms with van der Waals surface area (Å²) >= 11 is 0. The lowest BCUT2D eigenvalue weighted by atomic mass is 10.0. The first kappa shape index (κ1) is 12.4. The highest BCUT2D eigenvalue weighted by atomic mass is 16.5. The van der Waals surface area contributed by atoms with E-state index in [9.17, 15) is 14.4 Å². The van der Waals surface area contributed by atoms with Crippen molar-refractivity contribution in [3.8, 4) is 11.4 Å². The molecule has 0 atom stereocenters. The number of ether oxygens (including phenoxy) is 1. The van der Waals surface area contributed by atoms with Crippen molar-refractivity contribution in [1.29, 1.82) is 0 Å². The number of rotatable bonds is 5. The Hall–Kier alpha value is -4.14. The first-order chi connectivity index (χ1) is 20.8. The summed E-state index contributed by atoms with van der Waals surface area (Å²) in [6.07, 6.45) is -2.90. The SMILES string of the molecule is [2H]c1c([2H])c(N2C(=O)c3c(c(C(N)=O)nn3-c3ccc(OC([2H])([2H])[2H])cc3)CC2([2H])[2H])c([2H])c([2H])c1N1CCCC([2H])([2H])C1=O. The van der Waals surface area contributed by atoms with Crippen molar-refractivity contribution < 1.29 is 34.2 Å². The molecule has 0 saturated carbocycles. The number of primary amides is 1. The minimum atomic E-state index is -2.74. The number of methoxy groups -OCH3 is 1. The Morgan fingerprint density at radius 3 is 2.47 bits per heavy atom. The number of nitrogens with zero attached hydrogens (tertiary/aromatic N) is 4. The van der Waals surface area contributed by atoms with Crippen molar-refractivity contribution in [2.24, 2.45) is 5.73 Å². The van der Waals surface area contributed by atoms with E-state index in [0.717, 1.165) is 9.58 Å². The molecular formula is C25H25N5O4. The molecule has 5 rings (SSSR count). The van der Waals surface area contributed by atoms with E-state index in [4.69, 9.17) is 25.5 Å². The topological polar surface area (TPSA) is 111 Å². The lowest BCUT2D eigenvalue weighted by molar-refractivity contribution is -0.119. The normalized spacial score (nSPS) is 23.9. The average Bonchev–Trinajstić information content (AvgIpc) is 3.30. The van der Waals surface area contributed by atoms with Crippen LogP contribution in [-0.4, -0.2) is 47.6 Å². The van der Waals surface area contributed by atoms with Gasteiger partial charge in [-0.2, -0.15) is 5.10 Å². The fraction of sp³-hybridized carbons (Fsp3) is 0.280. The van der Waals surface area contributed by atoms with Gasteiger partial charge in [0, 0.05) is 39.1 Å². The summed E-state index contributed by atoms with van der Waals surface area (Å²) in [4.78, 5) is 40.5. The van der Waals surface area contributed by atoms with Gasteiger partial charge in [0.1, 0.15) is 11.4 Å². The third kappa shape index (κ3) is 3.68. The number of anilines is 2. The van der Waals surface area contributed by atoms with E-state index < -0.39 is 85.3 Å². The molecule has 2 aliphatic rings. The van der Waals surface area contributed by atoms with Gasteiger partial charge in [0.25, 0.3) is 11.8 Å². The summed E-state index contributed by atoms with van der Waals surface area (Å²) < 4.78 is 95.6. The van der Waals surface area contributed by atoms with Crippen LogP contribution in [-0.2, 0) is 11.2 Å². The molecule has 0 aliphatic carbocycles. The Bertz CT molecular complexity index is 1730. The number of hydrogen-bond acceptors (Lipinski definition) is 5. The number of carbonyl (C=O) groups excluding carboxylic acids is 3. The van der Waals surface area contributed by atoms with Crippen molar-refractivity contribution in [2.75, 3.05) is 29.9 Å². The zero-order valence-corrected chi connectivity index (χ0v) is 17.6. The molecule has 2 aromatic carbocycles. The van der Waals surface area contributed by atoms with Gasteiger partial charge >= 0.3 is 0 Å². The molecule has 174 valence electrons. The summed E-state index contributed by atoms with van der Waals surface area (Å²) in [5.41, 5.74) is 3.37. The van der Waals surface area contributed by atoms with Gasteiger partial charge in [-0.05, 0) is 67.7 Å². The maximum absolute atomic E-state index is 14.1. The van der Waals surface area contributed by atoms with Crippen LogP contribution in [0.1, 0.15) is 60.8 Å². The number of carbonyl (C=O) groups is 3. The Balaban J connectivity index is 1.66. The third-order valence-corrected chi connectivity index (χ3v) is 5.41.